The molecule has 0 aliphatic carbocycles. The fraction of sp³-hybridized carbons (Fsp3) is 0.625. The summed E-state index contributed by atoms with van der Waals surface area (Å²) >= 11 is -1.51. The largest absolute Gasteiger partial charge is 0.289 e. The Bertz CT molecular complexity index is 257. The molecule has 6 nitrogen and oxygen atoms in total. The van der Waals surface area contributed by atoms with Gasteiger partial charge in [0, 0.05) is 7.05 Å². The molecule has 2 N–H and O–H groups in total. The summed E-state index contributed by atoms with van der Waals surface area (Å²) < 4.78 is 16.1. The van der Waals surface area contributed by atoms with Gasteiger partial charge in [0.2, 0.25) is 0 Å². The minimum atomic E-state index is -1.51. The highest BCUT2D eigenvalue weighted by Gasteiger charge is 2.19. The van der Waals surface area contributed by atoms with Crippen LogP contribution in [0.1, 0.15) is 13.8 Å². The van der Waals surface area contributed by atoms with Crippen LogP contribution < -0.4 is 5.48 Å². The molecule has 0 spiro atoms. The zero-order valence-corrected chi connectivity index (χ0v) is 9.78. The smallest absolute Gasteiger partial charge is 0.262 e. The Morgan fingerprint density at radius 2 is 2.33 bits per heavy atom. The highest BCUT2D eigenvalue weighted by molar-refractivity contribution is 7.80. The molecular weight excluding hydrogens is 220 g/mol. The summed E-state index contributed by atoms with van der Waals surface area (Å²) in [4.78, 5) is 11.0. The molecule has 2 atom stereocenters. The first-order valence-corrected chi connectivity index (χ1v) is 5.62. The van der Waals surface area contributed by atoms with Gasteiger partial charge in [-0.3, -0.25) is 10.0 Å². The number of nitrogens with zero attached hydrogens (tertiary/aromatic N) is 1. The third kappa shape index (κ3) is 5.63. The Morgan fingerprint density at radius 1 is 1.73 bits per heavy atom. The molecule has 0 rings (SSSR count). The van der Waals surface area contributed by atoms with Crippen LogP contribution in [0.5, 0.6) is 0 Å². The van der Waals surface area contributed by atoms with Crippen LogP contribution in [0.25, 0.3) is 0 Å². The molecule has 0 aliphatic heterocycles. The normalized spacial score (nSPS) is 15.5. The lowest BCUT2D eigenvalue weighted by molar-refractivity contribution is -0.144. The Labute approximate surface area is 91.5 Å². The SMILES string of the molecule is C/C=C/CS(=O)ON(C)C(C)C(=O)NO. The molecule has 0 aliphatic rings. The van der Waals surface area contributed by atoms with Crippen LogP contribution >= 0.6 is 0 Å². The second-order valence-electron chi connectivity index (χ2n) is 2.81. The highest BCUT2D eigenvalue weighted by Crippen LogP contribution is 1.99. The maximum absolute atomic E-state index is 11.2. The van der Waals surface area contributed by atoms with Crippen molar-refractivity contribution in [2.45, 2.75) is 19.9 Å². The van der Waals surface area contributed by atoms with Crippen LogP contribution in [0.2, 0.25) is 0 Å². The van der Waals surface area contributed by atoms with Gasteiger partial charge < -0.3 is 0 Å². The van der Waals surface area contributed by atoms with Crippen LogP contribution in [0.4, 0.5) is 0 Å². The van der Waals surface area contributed by atoms with Crippen molar-refractivity contribution in [2.24, 2.45) is 0 Å². The molecule has 0 saturated heterocycles. The van der Waals surface area contributed by atoms with Crippen LogP contribution in [0.3, 0.4) is 0 Å². The van der Waals surface area contributed by atoms with Gasteiger partial charge in [0.25, 0.3) is 5.91 Å². The lowest BCUT2D eigenvalue weighted by atomic mass is 10.3. The lowest BCUT2D eigenvalue weighted by Crippen LogP contribution is -2.42. The molecular formula is C8H16N2O4S. The molecule has 0 saturated carbocycles. The summed E-state index contributed by atoms with van der Waals surface area (Å²) in [6.07, 6.45) is 3.45. The van der Waals surface area contributed by atoms with E-state index in [1.54, 1.807) is 12.2 Å². The number of likely N-dealkylation sites (N-methyl/N-ethyl adjacent to an activating group) is 1. The number of allylic oxidation sites excluding steroid dienone is 1. The number of rotatable bonds is 6. The van der Waals surface area contributed by atoms with Gasteiger partial charge >= 0.3 is 0 Å². The van der Waals surface area contributed by atoms with E-state index in [9.17, 15) is 9.00 Å². The first-order valence-electron chi connectivity index (χ1n) is 4.37. The Morgan fingerprint density at radius 3 is 2.80 bits per heavy atom. The zero-order chi connectivity index (χ0) is 11.8. The summed E-state index contributed by atoms with van der Waals surface area (Å²) in [7, 11) is 1.47. The van der Waals surface area contributed by atoms with Crippen molar-refractivity contribution in [3.63, 3.8) is 0 Å². The average molecular weight is 236 g/mol. The van der Waals surface area contributed by atoms with Crippen molar-refractivity contribution in [2.75, 3.05) is 12.8 Å². The Kier molecular flexibility index (Phi) is 7.14. The minimum Gasteiger partial charge on any atom is -0.289 e. The maximum Gasteiger partial charge on any atom is 0.262 e. The number of nitrogens with one attached hydrogen (secondary N) is 1. The third-order valence-corrected chi connectivity index (χ3v) is 2.57. The van der Waals surface area contributed by atoms with Crippen LogP contribution in [0, 0.1) is 0 Å². The highest BCUT2D eigenvalue weighted by atomic mass is 32.2. The standard InChI is InChI=1S/C8H16N2O4S/c1-4-5-6-15(13)14-10(3)7(2)8(11)9-12/h4-5,7,12H,6H2,1-3H3,(H,9,11)/b5-4+. The van der Waals surface area contributed by atoms with E-state index < -0.39 is 23.0 Å². The second-order valence-corrected chi connectivity index (χ2v) is 3.90. The lowest BCUT2D eigenvalue weighted by Gasteiger charge is -2.20. The van der Waals surface area contributed by atoms with Gasteiger partial charge in [0.15, 0.2) is 11.1 Å². The molecule has 0 aromatic heterocycles. The van der Waals surface area contributed by atoms with Crippen molar-refractivity contribution >= 4 is 17.0 Å². The predicted octanol–water partition coefficient (Wildman–Crippen LogP) is -0.0165. The number of amides is 1. The van der Waals surface area contributed by atoms with Gasteiger partial charge in [0.05, 0.1) is 5.75 Å². The van der Waals surface area contributed by atoms with E-state index in [0.29, 0.717) is 0 Å². The van der Waals surface area contributed by atoms with Gasteiger partial charge in [0.1, 0.15) is 6.04 Å². The van der Waals surface area contributed by atoms with E-state index in [1.165, 1.54) is 19.5 Å². The number of carbonyl (C=O) groups is 1. The Hall–Kier alpha value is -0.760. The minimum absolute atomic E-state index is 0.258. The van der Waals surface area contributed by atoms with E-state index in [2.05, 4.69) is 0 Å². The molecule has 1 amide bonds. The van der Waals surface area contributed by atoms with Crippen LogP contribution in [-0.2, 0) is 20.2 Å². The number of hydrogen-bond acceptors (Lipinski definition) is 5. The van der Waals surface area contributed by atoms with Gasteiger partial charge in [-0.2, -0.15) is 9.35 Å². The van der Waals surface area contributed by atoms with E-state index in [-0.39, 0.29) is 5.75 Å². The number of hydrogen-bond donors (Lipinski definition) is 2. The molecule has 0 aromatic rings. The van der Waals surface area contributed by atoms with Crippen molar-refractivity contribution in [3.8, 4) is 0 Å². The molecule has 0 aromatic carbocycles. The summed E-state index contributed by atoms with van der Waals surface area (Å²) in [6, 6.07) is -0.718. The number of carbonyl (C=O) groups excluding carboxylic acids is 1. The van der Waals surface area contributed by atoms with Gasteiger partial charge in [-0.15, -0.1) is 0 Å². The zero-order valence-electron chi connectivity index (χ0n) is 8.97. The van der Waals surface area contributed by atoms with E-state index in [1.807, 2.05) is 6.92 Å². The van der Waals surface area contributed by atoms with Gasteiger partial charge in [-0.25, -0.2) is 9.69 Å². The molecule has 15 heavy (non-hydrogen) atoms. The second kappa shape index (κ2) is 7.52. The molecule has 0 fully saturated rings. The van der Waals surface area contributed by atoms with E-state index in [0.717, 1.165) is 5.06 Å². The van der Waals surface area contributed by atoms with Crippen molar-refractivity contribution in [1.29, 1.82) is 0 Å². The summed E-state index contributed by atoms with van der Waals surface area (Å²) in [5.41, 5.74) is 1.49. The molecule has 7 heteroatoms. The fourth-order valence-corrected chi connectivity index (χ4v) is 1.46. The first-order chi connectivity index (χ1) is 7.02. The van der Waals surface area contributed by atoms with Crippen molar-refractivity contribution in [1.82, 2.24) is 10.5 Å². The number of hydroxylamine groups is 3. The Balaban J connectivity index is 4.06. The van der Waals surface area contributed by atoms with Gasteiger partial charge in [-0.1, -0.05) is 12.2 Å². The monoisotopic (exact) mass is 236 g/mol. The fourth-order valence-electron chi connectivity index (χ4n) is 0.659. The molecule has 0 bridgehead atoms. The third-order valence-electron chi connectivity index (χ3n) is 1.70. The molecule has 88 valence electrons. The van der Waals surface area contributed by atoms with Gasteiger partial charge in [-0.05, 0) is 13.8 Å². The van der Waals surface area contributed by atoms with E-state index in [4.69, 9.17) is 9.49 Å². The summed E-state index contributed by atoms with van der Waals surface area (Å²) in [6.45, 7) is 3.32. The summed E-state index contributed by atoms with van der Waals surface area (Å²) in [5.74, 6) is -0.366. The summed E-state index contributed by atoms with van der Waals surface area (Å²) in [5, 5.41) is 9.49. The first kappa shape index (κ1) is 14.2. The van der Waals surface area contributed by atoms with Crippen LogP contribution in [-0.4, -0.2) is 39.2 Å². The molecule has 0 radical (unpaired) electrons. The molecule has 0 heterocycles. The quantitative estimate of drug-likeness (QED) is 0.385. The van der Waals surface area contributed by atoms with E-state index >= 15 is 0 Å². The van der Waals surface area contributed by atoms with Crippen molar-refractivity contribution in [3.05, 3.63) is 12.2 Å². The maximum atomic E-state index is 11.2. The topological polar surface area (TPSA) is 78.9 Å². The predicted molar refractivity (Wildman–Crippen MR) is 56.1 cm³/mol. The molecule has 2 unspecified atom stereocenters. The van der Waals surface area contributed by atoms with Crippen molar-refractivity contribution < 1.29 is 18.5 Å². The van der Waals surface area contributed by atoms with Crippen LogP contribution in [0.15, 0.2) is 12.2 Å². The average Bonchev–Trinajstić information content (AvgIpc) is 2.23.